The van der Waals surface area contributed by atoms with Crippen LogP contribution in [0, 0.1) is 0 Å². The number of pyridine rings is 1. The van der Waals surface area contributed by atoms with Crippen molar-refractivity contribution in [3.8, 4) is 5.88 Å². The first kappa shape index (κ1) is 13.1. The highest BCUT2D eigenvalue weighted by Crippen LogP contribution is 2.26. The lowest BCUT2D eigenvalue weighted by Gasteiger charge is -2.09. The molecule has 0 amide bonds. The number of hydrogen-bond donors (Lipinski definition) is 1. The summed E-state index contributed by atoms with van der Waals surface area (Å²) in [5.74, 6) is 0.389. The number of ether oxygens (including phenoxy) is 1. The lowest BCUT2D eigenvalue weighted by Crippen LogP contribution is -2.02. The Bertz CT molecular complexity index is 546. The highest BCUT2D eigenvalue weighted by molar-refractivity contribution is 6.32. The smallest absolute Gasteiger partial charge is 0.233 e. The number of hydrogen-bond acceptors (Lipinski definition) is 3. The quantitative estimate of drug-likeness (QED) is 0.935. The van der Waals surface area contributed by atoms with E-state index in [1.165, 1.54) is 0 Å². The Morgan fingerprint density at radius 2 is 2.06 bits per heavy atom. The normalized spacial score (nSPS) is 10.4. The number of nitrogens with zero attached hydrogens (tertiary/aromatic N) is 1. The van der Waals surface area contributed by atoms with Gasteiger partial charge < -0.3 is 10.5 Å². The first-order chi connectivity index (χ1) is 8.70. The Balaban J connectivity index is 2.11. The molecule has 2 rings (SSSR count). The van der Waals surface area contributed by atoms with E-state index in [0.717, 1.165) is 11.1 Å². The molecule has 3 nitrogen and oxygen atoms in total. The van der Waals surface area contributed by atoms with Crippen LogP contribution in [-0.4, -0.2) is 4.98 Å². The van der Waals surface area contributed by atoms with Crippen LogP contribution in [0.2, 0.25) is 10.0 Å². The second kappa shape index (κ2) is 6.05. The molecule has 0 saturated heterocycles. The predicted octanol–water partition coefficient (Wildman–Crippen LogP) is 3.43. The van der Waals surface area contributed by atoms with E-state index in [4.69, 9.17) is 33.7 Å². The van der Waals surface area contributed by atoms with Crippen LogP contribution < -0.4 is 10.5 Å². The topological polar surface area (TPSA) is 48.1 Å². The third kappa shape index (κ3) is 3.13. The molecule has 0 saturated carbocycles. The van der Waals surface area contributed by atoms with Crippen molar-refractivity contribution in [1.82, 2.24) is 4.98 Å². The van der Waals surface area contributed by atoms with Crippen molar-refractivity contribution in [2.45, 2.75) is 13.2 Å². The van der Waals surface area contributed by atoms with Crippen LogP contribution in [0.25, 0.3) is 0 Å². The standard InChI is InChI=1S/C13H12Cl2N2O/c14-11-3-1-2-9(6-11)8-18-13-12(15)10(7-16)4-5-17-13/h1-6H,7-8,16H2. The highest BCUT2D eigenvalue weighted by Gasteiger charge is 2.07. The van der Waals surface area contributed by atoms with Crippen molar-refractivity contribution in [1.29, 1.82) is 0 Å². The number of nitrogens with two attached hydrogens (primary N) is 1. The first-order valence-corrected chi connectivity index (χ1v) is 6.17. The van der Waals surface area contributed by atoms with Crippen LogP contribution in [-0.2, 0) is 13.2 Å². The van der Waals surface area contributed by atoms with Crippen molar-refractivity contribution in [3.05, 3.63) is 57.7 Å². The summed E-state index contributed by atoms with van der Waals surface area (Å²) in [5, 5.41) is 1.13. The second-order valence-corrected chi connectivity index (χ2v) is 4.53. The molecule has 0 aliphatic rings. The predicted molar refractivity (Wildman–Crippen MR) is 72.9 cm³/mol. The Morgan fingerprint density at radius 3 is 2.78 bits per heavy atom. The summed E-state index contributed by atoms with van der Waals surface area (Å²) in [5.41, 5.74) is 7.33. The SMILES string of the molecule is NCc1ccnc(OCc2cccc(Cl)c2)c1Cl. The second-order valence-electron chi connectivity index (χ2n) is 3.71. The minimum Gasteiger partial charge on any atom is -0.472 e. The van der Waals surface area contributed by atoms with Gasteiger partial charge in [0.2, 0.25) is 5.88 Å². The Labute approximate surface area is 115 Å². The number of aromatic nitrogens is 1. The molecule has 0 bridgehead atoms. The fourth-order valence-corrected chi connectivity index (χ4v) is 1.96. The van der Waals surface area contributed by atoms with Crippen LogP contribution in [0.5, 0.6) is 5.88 Å². The third-order valence-electron chi connectivity index (χ3n) is 2.42. The minimum absolute atomic E-state index is 0.356. The van der Waals surface area contributed by atoms with E-state index >= 15 is 0 Å². The average molecular weight is 283 g/mol. The van der Waals surface area contributed by atoms with Crippen LogP contribution in [0.15, 0.2) is 36.5 Å². The molecule has 0 fully saturated rings. The first-order valence-electron chi connectivity index (χ1n) is 5.41. The van der Waals surface area contributed by atoms with Crippen molar-refractivity contribution < 1.29 is 4.74 Å². The van der Waals surface area contributed by atoms with Gasteiger partial charge >= 0.3 is 0 Å². The van der Waals surface area contributed by atoms with Gasteiger partial charge in [0.15, 0.2) is 0 Å². The molecule has 0 aliphatic carbocycles. The minimum atomic E-state index is 0.356. The summed E-state index contributed by atoms with van der Waals surface area (Å²) in [4.78, 5) is 4.08. The summed E-state index contributed by atoms with van der Waals surface area (Å²) in [6.07, 6.45) is 1.63. The summed E-state index contributed by atoms with van der Waals surface area (Å²) >= 11 is 12.0. The van der Waals surface area contributed by atoms with Crippen molar-refractivity contribution in [3.63, 3.8) is 0 Å². The number of rotatable bonds is 4. The molecule has 1 aromatic heterocycles. The largest absolute Gasteiger partial charge is 0.472 e. The van der Waals surface area contributed by atoms with E-state index < -0.39 is 0 Å². The molecule has 0 spiro atoms. The highest BCUT2D eigenvalue weighted by atomic mass is 35.5. The van der Waals surface area contributed by atoms with Crippen LogP contribution >= 0.6 is 23.2 Å². The van der Waals surface area contributed by atoms with Gasteiger partial charge in [0.25, 0.3) is 0 Å². The molecule has 0 radical (unpaired) electrons. The molecule has 2 aromatic rings. The zero-order chi connectivity index (χ0) is 13.0. The van der Waals surface area contributed by atoms with Crippen LogP contribution in [0.1, 0.15) is 11.1 Å². The third-order valence-corrected chi connectivity index (χ3v) is 3.06. The van der Waals surface area contributed by atoms with E-state index in [1.54, 1.807) is 12.3 Å². The summed E-state index contributed by atoms with van der Waals surface area (Å²) in [7, 11) is 0. The van der Waals surface area contributed by atoms with Crippen LogP contribution in [0.3, 0.4) is 0 Å². The zero-order valence-electron chi connectivity index (χ0n) is 9.57. The van der Waals surface area contributed by atoms with Gasteiger partial charge in [0.05, 0.1) is 0 Å². The monoisotopic (exact) mass is 282 g/mol. The lowest BCUT2D eigenvalue weighted by atomic mass is 10.2. The molecular weight excluding hydrogens is 271 g/mol. The van der Waals surface area contributed by atoms with Gasteiger partial charge in [-0.15, -0.1) is 0 Å². The molecule has 1 heterocycles. The summed E-state index contributed by atoms with van der Waals surface area (Å²) < 4.78 is 5.56. The molecular formula is C13H12Cl2N2O. The maximum absolute atomic E-state index is 6.11. The number of benzene rings is 1. The van der Waals surface area contributed by atoms with Gasteiger partial charge in [-0.1, -0.05) is 35.3 Å². The van der Waals surface area contributed by atoms with E-state index in [-0.39, 0.29) is 0 Å². The summed E-state index contributed by atoms with van der Waals surface area (Å²) in [6.45, 7) is 0.718. The Hall–Kier alpha value is -1.29. The molecule has 0 unspecified atom stereocenters. The van der Waals surface area contributed by atoms with E-state index in [0.29, 0.717) is 29.1 Å². The van der Waals surface area contributed by atoms with Gasteiger partial charge in [-0.25, -0.2) is 4.98 Å². The van der Waals surface area contributed by atoms with E-state index in [9.17, 15) is 0 Å². The van der Waals surface area contributed by atoms with Gasteiger partial charge in [-0.3, -0.25) is 0 Å². The van der Waals surface area contributed by atoms with Crippen molar-refractivity contribution >= 4 is 23.2 Å². The molecule has 2 N–H and O–H groups in total. The molecule has 1 aromatic carbocycles. The van der Waals surface area contributed by atoms with Crippen molar-refractivity contribution in [2.75, 3.05) is 0 Å². The van der Waals surface area contributed by atoms with E-state index in [1.807, 2.05) is 24.3 Å². The van der Waals surface area contributed by atoms with Gasteiger partial charge in [-0.2, -0.15) is 0 Å². The molecule has 94 valence electrons. The summed E-state index contributed by atoms with van der Waals surface area (Å²) in [6, 6.07) is 9.21. The number of halogens is 2. The van der Waals surface area contributed by atoms with Gasteiger partial charge in [-0.05, 0) is 29.3 Å². The fraction of sp³-hybridized carbons (Fsp3) is 0.154. The zero-order valence-corrected chi connectivity index (χ0v) is 11.1. The van der Waals surface area contributed by atoms with Crippen molar-refractivity contribution in [2.24, 2.45) is 5.73 Å². The van der Waals surface area contributed by atoms with Gasteiger partial charge in [0.1, 0.15) is 11.6 Å². The Kier molecular flexibility index (Phi) is 4.42. The maximum atomic E-state index is 6.11. The fourth-order valence-electron chi connectivity index (χ4n) is 1.50. The maximum Gasteiger partial charge on any atom is 0.233 e. The Morgan fingerprint density at radius 1 is 1.22 bits per heavy atom. The molecule has 0 aliphatic heterocycles. The average Bonchev–Trinajstić information content (AvgIpc) is 2.38. The molecule has 5 heteroatoms. The lowest BCUT2D eigenvalue weighted by molar-refractivity contribution is 0.294. The van der Waals surface area contributed by atoms with Crippen LogP contribution in [0.4, 0.5) is 0 Å². The van der Waals surface area contributed by atoms with Gasteiger partial charge in [0, 0.05) is 17.8 Å². The molecule has 18 heavy (non-hydrogen) atoms. The van der Waals surface area contributed by atoms with E-state index in [2.05, 4.69) is 4.98 Å². The molecule has 0 atom stereocenters.